The maximum atomic E-state index is 13.7. The average molecular weight is 293 g/mol. The molecule has 0 heterocycles. The Labute approximate surface area is 107 Å². The summed E-state index contributed by atoms with van der Waals surface area (Å²) in [6.07, 6.45) is 0. The lowest BCUT2D eigenvalue weighted by molar-refractivity contribution is 0.101. The molecule has 1 nitrogen and oxygen atoms in total. The number of benzene rings is 2. The number of ketones is 1. The number of Topliss-reactive ketones (excluding diaryl/α,β-unsaturated/α-hetero) is 1. The monoisotopic (exact) mass is 292 g/mol. The molecule has 0 radical (unpaired) electrons. The molecule has 3 heteroatoms. The normalized spacial score (nSPS) is 10.3. The minimum atomic E-state index is -0.282. The second-order valence-corrected chi connectivity index (χ2v) is 4.67. The van der Waals surface area contributed by atoms with E-state index in [1.807, 2.05) is 0 Å². The first kappa shape index (κ1) is 12.0. The van der Waals surface area contributed by atoms with Gasteiger partial charge in [0.2, 0.25) is 0 Å². The molecule has 2 aromatic rings. The molecule has 0 unspecified atom stereocenters. The van der Waals surface area contributed by atoms with Crippen LogP contribution in [0.5, 0.6) is 0 Å². The maximum Gasteiger partial charge on any atom is 0.159 e. The first-order valence-electron chi connectivity index (χ1n) is 5.14. The number of rotatable bonds is 2. The second-order valence-electron chi connectivity index (χ2n) is 3.76. The minimum absolute atomic E-state index is 0.00725. The molecular formula is C14H10BrFO. The van der Waals surface area contributed by atoms with Gasteiger partial charge < -0.3 is 0 Å². The van der Waals surface area contributed by atoms with Crippen molar-refractivity contribution in [2.24, 2.45) is 0 Å². The van der Waals surface area contributed by atoms with Crippen LogP contribution in [0.1, 0.15) is 17.3 Å². The molecule has 0 aliphatic rings. The molecule has 0 saturated carbocycles. The number of halogens is 2. The molecule has 2 rings (SSSR count). The van der Waals surface area contributed by atoms with E-state index in [4.69, 9.17) is 0 Å². The van der Waals surface area contributed by atoms with Gasteiger partial charge in [-0.05, 0) is 24.6 Å². The maximum absolute atomic E-state index is 13.7. The van der Waals surface area contributed by atoms with E-state index in [9.17, 15) is 9.18 Å². The van der Waals surface area contributed by atoms with Crippen molar-refractivity contribution in [2.75, 3.05) is 0 Å². The molecule has 2 aromatic carbocycles. The lowest BCUT2D eigenvalue weighted by Gasteiger charge is -2.04. The van der Waals surface area contributed by atoms with Gasteiger partial charge in [0.25, 0.3) is 0 Å². The lowest BCUT2D eigenvalue weighted by Crippen LogP contribution is -1.91. The smallest absolute Gasteiger partial charge is 0.159 e. The molecular weight excluding hydrogens is 283 g/mol. The van der Waals surface area contributed by atoms with Gasteiger partial charge in [0, 0.05) is 15.6 Å². The first-order valence-corrected chi connectivity index (χ1v) is 5.93. The van der Waals surface area contributed by atoms with Crippen LogP contribution in [-0.4, -0.2) is 5.78 Å². The first-order chi connectivity index (χ1) is 8.08. The summed E-state index contributed by atoms with van der Waals surface area (Å²) < 4.78 is 14.4. The van der Waals surface area contributed by atoms with E-state index in [1.165, 1.54) is 13.0 Å². The summed E-state index contributed by atoms with van der Waals surface area (Å²) >= 11 is 3.21. The van der Waals surface area contributed by atoms with E-state index in [1.54, 1.807) is 36.4 Å². The fourth-order valence-electron chi connectivity index (χ4n) is 1.61. The quantitative estimate of drug-likeness (QED) is 0.747. The van der Waals surface area contributed by atoms with E-state index >= 15 is 0 Å². The van der Waals surface area contributed by atoms with Gasteiger partial charge in [-0.1, -0.05) is 46.3 Å². The molecule has 0 aliphatic carbocycles. The van der Waals surface area contributed by atoms with Crippen LogP contribution < -0.4 is 0 Å². The van der Waals surface area contributed by atoms with E-state index in [0.29, 0.717) is 15.6 Å². The van der Waals surface area contributed by atoms with Crippen molar-refractivity contribution in [2.45, 2.75) is 6.92 Å². The Morgan fingerprint density at radius 1 is 1.12 bits per heavy atom. The minimum Gasteiger partial charge on any atom is -0.295 e. The van der Waals surface area contributed by atoms with Gasteiger partial charge in [-0.2, -0.15) is 0 Å². The van der Waals surface area contributed by atoms with E-state index < -0.39 is 0 Å². The van der Waals surface area contributed by atoms with Crippen molar-refractivity contribution >= 4 is 21.7 Å². The van der Waals surface area contributed by atoms with Crippen molar-refractivity contribution in [3.05, 3.63) is 58.3 Å². The molecule has 0 spiro atoms. The third-order valence-electron chi connectivity index (χ3n) is 2.53. The third-order valence-corrected chi connectivity index (χ3v) is 3.03. The van der Waals surface area contributed by atoms with Crippen molar-refractivity contribution in [1.29, 1.82) is 0 Å². The van der Waals surface area contributed by atoms with Crippen LogP contribution in [0.15, 0.2) is 46.9 Å². The van der Waals surface area contributed by atoms with Crippen molar-refractivity contribution in [3.63, 3.8) is 0 Å². The van der Waals surface area contributed by atoms with Gasteiger partial charge >= 0.3 is 0 Å². The average Bonchev–Trinajstić information content (AvgIpc) is 2.29. The Morgan fingerprint density at radius 3 is 2.29 bits per heavy atom. The zero-order valence-corrected chi connectivity index (χ0v) is 10.8. The van der Waals surface area contributed by atoms with Gasteiger partial charge in [0.15, 0.2) is 5.78 Å². The number of carbonyl (C=O) groups is 1. The highest BCUT2D eigenvalue weighted by atomic mass is 79.9. The van der Waals surface area contributed by atoms with Gasteiger partial charge in [0.05, 0.1) is 0 Å². The molecule has 0 aromatic heterocycles. The lowest BCUT2D eigenvalue weighted by atomic mass is 10.0. The van der Waals surface area contributed by atoms with Crippen LogP contribution in [0, 0.1) is 5.82 Å². The molecule has 0 amide bonds. The Kier molecular flexibility index (Phi) is 3.38. The molecule has 17 heavy (non-hydrogen) atoms. The predicted molar refractivity (Wildman–Crippen MR) is 69.5 cm³/mol. The Balaban J connectivity index is 2.43. The summed E-state index contributed by atoms with van der Waals surface area (Å²) in [5.41, 5.74) is 1.93. The second kappa shape index (κ2) is 4.80. The van der Waals surface area contributed by atoms with E-state index in [2.05, 4.69) is 15.9 Å². The summed E-state index contributed by atoms with van der Waals surface area (Å²) in [6.45, 7) is 1.51. The fourth-order valence-corrected chi connectivity index (χ4v) is 1.94. The number of carbonyl (C=O) groups excluding carboxylic acids is 1. The SMILES string of the molecule is CC(=O)c1ccc(-c2ccc(Br)cc2F)cc1. The Hall–Kier alpha value is -1.48. The van der Waals surface area contributed by atoms with Crippen LogP contribution >= 0.6 is 15.9 Å². The number of hydrogen-bond donors (Lipinski definition) is 0. The highest BCUT2D eigenvalue weighted by molar-refractivity contribution is 9.10. The molecule has 0 N–H and O–H groups in total. The van der Waals surface area contributed by atoms with Crippen molar-refractivity contribution in [3.8, 4) is 11.1 Å². The molecule has 0 atom stereocenters. The molecule has 0 aliphatic heterocycles. The van der Waals surface area contributed by atoms with Crippen LogP contribution in [-0.2, 0) is 0 Å². The highest BCUT2D eigenvalue weighted by Crippen LogP contribution is 2.25. The van der Waals surface area contributed by atoms with Gasteiger partial charge in [-0.15, -0.1) is 0 Å². The van der Waals surface area contributed by atoms with Crippen molar-refractivity contribution in [1.82, 2.24) is 0 Å². The summed E-state index contributed by atoms with van der Waals surface area (Å²) in [5.74, 6) is -0.275. The largest absolute Gasteiger partial charge is 0.295 e. The van der Waals surface area contributed by atoms with Crippen molar-refractivity contribution < 1.29 is 9.18 Å². The fraction of sp³-hybridized carbons (Fsp3) is 0.0714. The van der Waals surface area contributed by atoms with Crippen LogP contribution in [0.2, 0.25) is 0 Å². The zero-order chi connectivity index (χ0) is 12.4. The van der Waals surface area contributed by atoms with E-state index in [0.717, 1.165) is 5.56 Å². The highest BCUT2D eigenvalue weighted by Gasteiger charge is 2.06. The molecule has 0 fully saturated rings. The Morgan fingerprint density at radius 2 is 1.76 bits per heavy atom. The molecule has 0 bridgehead atoms. The zero-order valence-electron chi connectivity index (χ0n) is 9.21. The van der Waals surface area contributed by atoms with Gasteiger partial charge in [-0.3, -0.25) is 4.79 Å². The van der Waals surface area contributed by atoms with Crippen LogP contribution in [0.3, 0.4) is 0 Å². The summed E-state index contributed by atoms with van der Waals surface area (Å²) in [6, 6.07) is 11.8. The summed E-state index contributed by atoms with van der Waals surface area (Å²) in [5, 5.41) is 0. The molecule has 0 saturated heterocycles. The Bertz CT molecular complexity index is 561. The summed E-state index contributed by atoms with van der Waals surface area (Å²) in [7, 11) is 0. The predicted octanol–water partition coefficient (Wildman–Crippen LogP) is 4.46. The standard InChI is InChI=1S/C14H10BrFO/c1-9(17)10-2-4-11(5-3-10)13-7-6-12(15)8-14(13)16/h2-8H,1H3. The summed E-state index contributed by atoms with van der Waals surface area (Å²) in [4.78, 5) is 11.1. The topological polar surface area (TPSA) is 17.1 Å². The molecule has 86 valence electrons. The van der Waals surface area contributed by atoms with Crippen LogP contribution in [0.4, 0.5) is 4.39 Å². The third kappa shape index (κ3) is 2.61. The van der Waals surface area contributed by atoms with E-state index in [-0.39, 0.29) is 11.6 Å². The van der Waals surface area contributed by atoms with Gasteiger partial charge in [0.1, 0.15) is 5.82 Å². The number of hydrogen-bond acceptors (Lipinski definition) is 1. The van der Waals surface area contributed by atoms with Crippen LogP contribution in [0.25, 0.3) is 11.1 Å². The van der Waals surface area contributed by atoms with Gasteiger partial charge in [-0.25, -0.2) is 4.39 Å².